The molecule has 2 N–H and O–H groups in total. The monoisotopic (exact) mass is 310 g/mol. The van der Waals surface area contributed by atoms with Gasteiger partial charge in [-0.1, -0.05) is 12.1 Å². The fourth-order valence-electron chi connectivity index (χ4n) is 2.53. The molecular formula is C15H22N2O3S. The lowest BCUT2D eigenvalue weighted by Gasteiger charge is -2.23. The highest BCUT2D eigenvalue weighted by molar-refractivity contribution is 7.89. The molecule has 2 aliphatic rings. The molecule has 1 aliphatic heterocycles. The number of para-hydroxylation sites is 1. The predicted octanol–water partition coefficient (Wildman–Crippen LogP) is 1.51. The zero-order chi connectivity index (χ0) is 14.7. The van der Waals surface area contributed by atoms with Crippen LogP contribution in [0.4, 0.5) is 0 Å². The Balaban J connectivity index is 1.69. The molecule has 6 heteroatoms. The Hall–Kier alpha value is -1.11. The summed E-state index contributed by atoms with van der Waals surface area (Å²) in [5.74, 6) is 0.961. The van der Waals surface area contributed by atoms with Gasteiger partial charge >= 0.3 is 0 Å². The van der Waals surface area contributed by atoms with E-state index >= 15 is 0 Å². The van der Waals surface area contributed by atoms with Crippen molar-refractivity contribution < 1.29 is 13.2 Å². The van der Waals surface area contributed by atoms with Gasteiger partial charge in [-0.15, -0.1) is 0 Å². The third kappa shape index (κ3) is 3.96. The highest BCUT2D eigenvalue weighted by atomic mass is 32.2. The summed E-state index contributed by atoms with van der Waals surface area (Å²) in [5.41, 5.74) is 0. The first kappa shape index (κ1) is 14.8. The van der Waals surface area contributed by atoms with Crippen LogP contribution in [0.2, 0.25) is 0 Å². The summed E-state index contributed by atoms with van der Waals surface area (Å²) in [4.78, 5) is 0.255. The van der Waals surface area contributed by atoms with Crippen molar-refractivity contribution in [2.24, 2.45) is 5.92 Å². The zero-order valence-electron chi connectivity index (χ0n) is 12.0. The standard InChI is InChI=1S/C15H22N2O3S/c18-21(19,17-13-5-6-13)15-4-2-1-3-14(15)20-11-12-7-9-16-10-8-12/h1-4,12-13,16-17H,5-11H2. The Morgan fingerprint density at radius 3 is 2.57 bits per heavy atom. The average Bonchev–Trinajstić information content (AvgIpc) is 3.30. The summed E-state index contributed by atoms with van der Waals surface area (Å²) >= 11 is 0. The van der Waals surface area contributed by atoms with Gasteiger partial charge in [-0.2, -0.15) is 0 Å². The third-order valence-corrected chi connectivity index (χ3v) is 5.53. The van der Waals surface area contributed by atoms with Crippen molar-refractivity contribution in [3.8, 4) is 5.75 Å². The van der Waals surface area contributed by atoms with Gasteiger partial charge in [-0.05, 0) is 56.8 Å². The fraction of sp³-hybridized carbons (Fsp3) is 0.600. The van der Waals surface area contributed by atoms with Crippen LogP contribution in [-0.2, 0) is 10.0 Å². The molecule has 0 aromatic heterocycles. The lowest BCUT2D eigenvalue weighted by molar-refractivity contribution is 0.211. The largest absolute Gasteiger partial charge is 0.492 e. The van der Waals surface area contributed by atoms with Crippen LogP contribution in [0.3, 0.4) is 0 Å². The Morgan fingerprint density at radius 1 is 1.14 bits per heavy atom. The van der Waals surface area contributed by atoms with Gasteiger partial charge in [0.05, 0.1) is 6.61 Å². The van der Waals surface area contributed by atoms with Gasteiger partial charge < -0.3 is 10.1 Å². The Kier molecular flexibility index (Phi) is 4.47. The van der Waals surface area contributed by atoms with Crippen LogP contribution in [0.15, 0.2) is 29.2 Å². The summed E-state index contributed by atoms with van der Waals surface area (Å²) in [6.07, 6.45) is 4.01. The molecule has 0 unspecified atom stereocenters. The Labute approximate surface area is 126 Å². The van der Waals surface area contributed by atoms with E-state index in [2.05, 4.69) is 10.0 Å². The molecule has 3 rings (SSSR count). The molecule has 1 heterocycles. The number of nitrogens with one attached hydrogen (secondary N) is 2. The number of ether oxygens (including phenoxy) is 1. The maximum atomic E-state index is 12.4. The quantitative estimate of drug-likeness (QED) is 0.836. The van der Waals surface area contributed by atoms with Gasteiger partial charge in [0.1, 0.15) is 10.6 Å². The minimum absolute atomic E-state index is 0.104. The number of hydrogen-bond acceptors (Lipinski definition) is 4. The van der Waals surface area contributed by atoms with Crippen molar-refractivity contribution in [1.82, 2.24) is 10.0 Å². The maximum absolute atomic E-state index is 12.4. The van der Waals surface area contributed by atoms with Crippen molar-refractivity contribution >= 4 is 10.0 Å². The van der Waals surface area contributed by atoms with E-state index in [1.807, 2.05) is 6.07 Å². The number of sulfonamides is 1. The Bertz CT molecular complexity index is 578. The molecule has 1 aromatic carbocycles. The molecular weight excluding hydrogens is 288 g/mol. The number of rotatable bonds is 6. The minimum atomic E-state index is -3.47. The molecule has 1 saturated heterocycles. The molecule has 5 nitrogen and oxygen atoms in total. The van der Waals surface area contributed by atoms with E-state index in [4.69, 9.17) is 4.74 Å². The first-order chi connectivity index (χ1) is 10.1. The molecule has 0 amide bonds. The smallest absolute Gasteiger partial charge is 0.244 e. The highest BCUT2D eigenvalue weighted by Gasteiger charge is 2.29. The van der Waals surface area contributed by atoms with Gasteiger partial charge in [0.15, 0.2) is 0 Å². The summed E-state index contributed by atoms with van der Waals surface area (Å²) in [6.45, 7) is 2.60. The molecule has 116 valence electrons. The molecule has 0 spiro atoms. The second-order valence-corrected chi connectivity index (χ2v) is 7.53. The molecule has 0 atom stereocenters. The van der Waals surface area contributed by atoms with Crippen LogP contribution in [-0.4, -0.2) is 34.2 Å². The summed E-state index contributed by atoms with van der Waals surface area (Å²) in [7, 11) is -3.47. The van der Waals surface area contributed by atoms with E-state index in [1.165, 1.54) is 0 Å². The normalized spacial score (nSPS) is 20.4. The predicted molar refractivity (Wildman–Crippen MR) is 80.9 cm³/mol. The molecule has 1 aliphatic carbocycles. The fourth-order valence-corrected chi connectivity index (χ4v) is 3.98. The summed E-state index contributed by atoms with van der Waals surface area (Å²) < 4.78 is 33.2. The van der Waals surface area contributed by atoms with Crippen LogP contribution in [0.5, 0.6) is 5.75 Å². The highest BCUT2D eigenvalue weighted by Crippen LogP contribution is 2.28. The first-order valence-corrected chi connectivity index (χ1v) is 9.08. The van der Waals surface area contributed by atoms with Gasteiger partial charge in [0, 0.05) is 6.04 Å². The van der Waals surface area contributed by atoms with E-state index in [-0.39, 0.29) is 10.9 Å². The second kappa shape index (κ2) is 6.34. The molecule has 1 aromatic rings. The average molecular weight is 310 g/mol. The molecule has 21 heavy (non-hydrogen) atoms. The number of hydrogen-bond donors (Lipinski definition) is 2. The summed E-state index contributed by atoms with van der Waals surface area (Å²) in [6, 6.07) is 7.00. The van der Waals surface area contributed by atoms with Crippen molar-refractivity contribution in [2.75, 3.05) is 19.7 Å². The van der Waals surface area contributed by atoms with Crippen LogP contribution in [0, 0.1) is 5.92 Å². The third-order valence-electron chi connectivity index (χ3n) is 3.97. The second-order valence-electron chi connectivity index (χ2n) is 5.85. The molecule has 0 radical (unpaired) electrons. The summed E-state index contributed by atoms with van der Waals surface area (Å²) in [5, 5.41) is 3.32. The number of piperidine rings is 1. The van der Waals surface area contributed by atoms with Gasteiger partial charge in [-0.3, -0.25) is 0 Å². The van der Waals surface area contributed by atoms with Gasteiger partial charge in [-0.25, -0.2) is 13.1 Å². The van der Waals surface area contributed by atoms with E-state index in [9.17, 15) is 8.42 Å². The maximum Gasteiger partial charge on any atom is 0.244 e. The SMILES string of the molecule is O=S(=O)(NC1CC1)c1ccccc1OCC1CCNCC1. The van der Waals surface area contributed by atoms with E-state index in [0.29, 0.717) is 18.3 Å². The minimum Gasteiger partial charge on any atom is -0.492 e. The lowest BCUT2D eigenvalue weighted by atomic mass is 9.99. The molecule has 2 fully saturated rings. The first-order valence-electron chi connectivity index (χ1n) is 7.60. The van der Waals surface area contributed by atoms with Crippen LogP contribution >= 0.6 is 0 Å². The zero-order valence-corrected chi connectivity index (χ0v) is 12.9. The molecule has 0 bridgehead atoms. The van der Waals surface area contributed by atoms with Crippen molar-refractivity contribution in [3.05, 3.63) is 24.3 Å². The van der Waals surface area contributed by atoms with Crippen molar-refractivity contribution in [1.29, 1.82) is 0 Å². The van der Waals surface area contributed by atoms with E-state index < -0.39 is 10.0 Å². The number of benzene rings is 1. The van der Waals surface area contributed by atoms with Crippen molar-refractivity contribution in [2.45, 2.75) is 36.6 Å². The van der Waals surface area contributed by atoms with E-state index in [0.717, 1.165) is 38.8 Å². The van der Waals surface area contributed by atoms with E-state index in [1.54, 1.807) is 18.2 Å². The van der Waals surface area contributed by atoms with Gasteiger partial charge in [0.2, 0.25) is 10.0 Å². The topological polar surface area (TPSA) is 67.4 Å². The van der Waals surface area contributed by atoms with Crippen molar-refractivity contribution in [3.63, 3.8) is 0 Å². The Morgan fingerprint density at radius 2 is 1.86 bits per heavy atom. The van der Waals surface area contributed by atoms with Crippen LogP contribution in [0.25, 0.3) is 0 Å². The van der Waals surface area contributed by atoms with Gasteiger partial charge in [0.25, 0.3) is 0 Å². The van der Waals surface area contributed by atoms with Crippen LogP contribution < -0.4 is 14.8 Å². The van der Waals surface area contributed by atoms with Crippen LogP contribution in [0.1, 0.15) is 25.7 Å². The molecule has 1 saturated carbocycles. The lowest BCUT2D eigenvalue weighted by Crippen LogP contribution is -2.31.